The summed E-state index contributed by atoms with van der Waals surface area (Å²) in [6, 6.07) is 0. The Morgan fingerprint density at radius 2 is 1.05 bits per heavy atom. The lowest BCUT2D eigenvalue weighted by atomic mass is 9.84. The van der Waals surface area contributed by atoms with Crippen LogP contribution in [0.2, 0.25) is 0 Å². The molecule has 0 bridgehead atoms. The third-order valence-corrected chi connectivity index (χ3v) is 4.94. The summed E-state index contributed by atoms with van der Waals surface area (Å²) in [4.78, 5) is 11.2. The molecule has 0 spiro atoms. The van der Waals surface area contributed by atoms with Gasteiger partial charge in [0.15, 0.2) is 0 Å². The zero-order valence-corrected chi connectivity index (χ0v) is 15.4. The number of hydrogen-bond acceptors (Lipinski definition) is 1. The van der Waals surface area contributed by atoms with E-state index in [1.54, 1.807) is 0 Å². The Hall–Kier alpha value is -0.530. The molecular weight excluding hydrogens is 272 g/mol. The Morgan fingerprint density at radius 3 is 1.41 bits per heavy atom. The first-order valence-corrected chi connectivity index (χ1v) is 9.84. The largest absolute Gasteiger partial charge is 0.358 e. The van der Waals surface area contributed by atoms with Crippen molar-refractivity contribution < 1.29 is 9.90 Å². The van der Waals surface area contributed by atoms with Crippen LogP contribution in [0.3, 0.4) is 0 Å². The van der Waals surface area contributed by atoms with E-state index in [0.717, 1.165) is 12.8 Å². The van der Waals surface area contributed by atoms with Crippen molar-refractivity contribution in [1.29, 1.82) is 0 Å². The van der Waals surface area contributed by atoms with E-state index < -0.39 is 5.97 Å². The normalized spacial score (nSPS) is 12.7. The standard InChI is InChI=1S/C20H39O2/c1-4-6-8-10-12-14-16-19(18(3)20(21)22)17-15-13-11-9-7-5-2/h18-19H,4-17H2,1-3H3. The van der Waals surface area contributed by atoms with E-state index >= 15 is 0 Å². The maximum Gasteiger partial charge on any atom is 0.358 e. The minimum atomic E-state index is -0.859. The first-order chi connectivity index (χ1) is 10.6. The van der Waals surface area contributed by atoms with Crippen molar-refractivity contribution in [1.82, 2.24) is 0 Å². The quantitative estimate of drug-likeness (QED) is 0.292. The Bertz CT molecular complexity index is 234. The predicted octanol–water partition coefficient (Wildman–Crippen LogP) is 6.70. The second-order valence-corrected chi connectivity index (χ2v) is 6.98. The zero-order chi connectivity index (χ0) is 16.6. The van der Waals surface area contributed by atoms with Gasteiger partial charge in [0, 0.05) is 0 Å². The molecule has 2 nitrogen and oxygen atoms in total. The molecule has 0 aliphatic carbocycles. The number of rotatable bonds is 16. The van der Waals surface area contributed by atoms with Crippen LogP contribution in [0.15, 0.2) is 0 Å². The van der Waals surface area contributed by atoms with Crippen LogP contribution in [0, 0.1) is 11.8 Å². The molecule has 1 atom stereocenters. The lowest BCUT2D eigenvalue weighted by molar-refractivity contribution is -0.149. The van der Waals surface area contributed by atoms with Gasteiger partial charge in [-0.1, -0.05) is 97.8 Å². The van der Waals surface area contributed by atoms with Gasteiger partial charge in [0.05, 0.1) is 5.92 Å². The number of carbonyl (C=O) groups excluding carboxylic acids is 1. The summed E-state index contributed by atoms with van der Waals surface area (Å²) in [6.07, 6.45) is 17.5. The summed E-state index contributed by atoms with van der Waals surface area (Å²) in [7, 11) is 0. The lowest BCUT2D eigenvalue weighted by Crippen LogP contribution is -2.20. The van der Waals surface area contributed by atoms with E-state index in [2.05, 4.69) is 13.8 Å². The van der Waals surface area contributed by atoms with Crippen molar-refractivity contribution in [2.75, 3.05) is 0 Å². The van der Waals surface area contributed by atoms with Crippen molar-refractivity contribution in [2.24, 2.45) is 11.8 Å². The van der Waals surface area contributed by atoms with Crippen molar-refractivity contribution in [2.45, 2.75) is 111 Å². The van der Waals surface area contributed by atoms with Gasteiger partial charge in [0.1, 0.15) is 0 Å². The highest BCUT2D eigenvalue weighted by atomic mass is 16.4. The van der Waals surface area contributed by atoms with Crippen LogP contribution in [0.1, 0.15) is 111 Å². The summed E-state index contributed by atoms with van der Waals surface area (Å²) in [6.45, 7) is 6.31. The Balaban J connectivity index is 3.88. The first-order valence-electron chi connectivity index (χ1n) is 9.84. The smallest absolute Gasteiger partial charge is 0.247 e. The van der Waals surface area contributed by atoms with Crippen LogP contribution >= 0.6 is 0 Å². The second kappa shape index (κ2) is 15.4. The first kappa shape index (κ1) is 21.5. The van der Waals surface area contributed by atoms with Gasteiger partial charge in [-0.05, 0) is 18.8 Å². The minimum absolute atomic E-state index is 0.286. The summed E-state index contributed by atoms with van der Waals surface area (Å²) in [5.41, 5.74) is 0. The third-order valence-electron chi connectivity index (χ3n) is 4.94. The highest BCUT2D eigenvalue weighted by Gasteiger charge is 2.24. The monoisotopic (exact) mass is 311 g/mol. The molecule has 0 saturated heterocycles. The number of unbranched alkanes of at least 4 members (excludes halogenated alkanes) is 10. The lowest BCUT2D eigenvalue weighted by Gasteiger charge is -2.20. The van der Waals surface area contributed by atoms with Gasteiger partial charge in [-0.3, -0.25) is 0 Å². The van der Waals surface area contributed by atoms with Crippen LogP contribution in [-0.2, 0) is 9.90 Å². The van der Waals surface area contributed by atoms with Gasteiger partial charge < -0.3 is 0 Å². The van der Waals surface area contributed by atoms with Crippen molar-refractivity contribution >= 4 is 5.97 Å². The van der Waals surface area contributed by atoms with E-state index in [0.29, 0.717) is 5.92 Å². The van der Waals surface area contributed by atoms with Crippen LogP contribution in [-0.4, -0.2) is 5.97 Å². The SMILES string of the molecule is CCCCCCCCC(CCCCCCCC)C(C)C([O])=O. The molecular formula is C20H39O2. The number of carbonyl (C=O) groups is 1. The van der Waals surface area contributed by atoms with Gasteiger partial charge in [-0.15, -0.1) is 0 Å². The summed E-state index contributed by atoms with van der Waals surface area (Å²) >= 11 is 0. The molecule has 0 amide bonds. The Labute approximate surface area is 139 Å². The van der Waals surface area contributed by atoms with Crippen molar-refractivity contribution in [3.05, 3.63) is 0 Å². The molecule has 0 rings (SSSR count). The van der Waals surface area contributed by atoms with Gasteiger partial charge in [0.25, 0.3) is 0 Å². The predicted molar refractivity (Wildman–Crippen MR) is 94.3 cm³/mol. The van der Waals surface area contributed by atoms with E-state index in [9.17, 15) is 9.90 Å². The number of hydrogen-bond donors (Lipinski definition) is 0. The molecule has 1 radical (unpaired) electrons. The fourth-order valence-electron chi connectivity index (χ4n) is 3.21. The third kappa shape index (κ3) is 12.1. The van der Waals surface area contributed by atoms with E-state index in [-0.39, 0.29) is 5.92 Å². The summed E-state index contributed by atoms with van der Waals surface area (Å²) < 4.78 is 0. The highest BCUT2D eigenvalue weighted by molar-refractivity contribution is 5.69. The molecule has 22 heavy (non-hydrogen) atoms. The average Bonchev–Trinajstić information content (AvgIpc) is 2.51. The maximum atomic E-state index is 11.2. The molecule has 0 aromatic rings. The molecule has 0 fully saturated rings. The molecule has 131 valence electrons. The molecule has 0 aliphatic heterocycles. The van der Waals surface area contributed by atoms with Gasteiger partial charge in [-0.2, -0.15) is 0 Å². The zero-order valence-electron chi connectivity index (χ0n) is 15.4. The van der Waals surface area contributed by atoms with E-state index in [4.69, 9.17) is 0 Å². The minimum Gasteiger partial charge on any atom is -0.247 e. The van der Waals surface area contributed by atoms with Crippen molar-refractivity contribution in [3.63, 3.8) is 0 Å². The fraction of sp³-hybridized carbons (Fsp3) is 0.950. The van der Waals surface area contributed by atoms with Crippen LogP contribution in [0.25, 0.3) is 0 Å². The molecule has 0 heterocycles. The van der Waals surface area contributed by atoms with Gasteiger partial charge in [-0.25, -0.2) is 9.90 Å². The molecule has 0 saturated carbocycles. The topological polar surface area (TPSA) is 37.0 Å². The van der Waals surface area contributed by atoms with Crippen LogP contribution < -0.4 is 0 Å². The van der Waals surface area contributed by atoms with Gasteiger partial charge in [0.2, 0.25) is 0 Å². The fourth-order valence-corrected chi connectivity index (χ4v) is 3.21. The van der Waals surface area contributed by atoms with Crippen molar-refractivity contribution in [3.8, 4) is 0 Å². The summed E-state index contributed by atoms with van der Waals surface area (Å²) in [5, 5.41) is 11.2. The molecule has 2 heteroatoms. The average molecular weight is 312 g/mol. The molecule has 0 aromatic carbocycles. The van der Waals surface area contributed by atoms with E-state index in [1.165, 1.54) is 77.0 Å². The van der Waals surface area contributed by atoms with E-state index in [1.807, 2.05) is 6.92 Å². The highest BCUT2D eigenvalue weighted by Crippen LogP contribution is 2.26. The van der Waals surface area contributed by atoms with Gasteiger partial charge >= 0.3 is 5.97 Å². The molecule has 1 unspecified atom stereocenters. The Morgan fingerprint density at radius 1 is 0.682 bits per heavy atom. The maximum absolute atomic E-state index is 11.2. The summed E-state index contributed by atoms with van der Waals surface area (Å²) in [5.74, 6) is -0.824. The molecule has 0 aromatic heterocycles. The molecule has 0 N–H and O–H groups in total. The second-order valence-electron chi connectivity index (χ2n) is 6.98. The van der Waals surface area contributed by atoms with Crippen LogP contribution in [0.4, 0.5) is 0 Å². The Kier molecular flexibility index (Phi) is 15.0. The van der Waals surface area contributed by atoms with Crippen LogP contribution in [0.5, 0.6) is 0 Å². The molecule has 0 aliphatic rings.